The van der Waals surface area contributed by atoms with E-state index in [0.717, 1.165) is 0 Å². The van der Waals surface area contributed by atoms with E-state index in [1.165, 1.54) is 0 Å². The summed E-state index contributed by atoms with van der Waals surface area (Å²) in [5.41, 5.74) is 8.76. The molecule has 0 radical (unpaired) electrons. The van der Waals surface area contributed by atoms with Gasteiger partial charge in [0.1, 0.15) is 0 Å². The molecule has 4 aromatic rings. The summed E-state index contributed by atoms with van der Waals surface area (Å²) in [6.45, 7) is 0. The fraction of sp³-hybridized carbons (Fsp3) is 0.0714. The van der Waals surface area contributed by atoms with Crippen molar-refractivity contribution in [3.63, 3.8) is 0 Å². The van der Waals surface area contributed by atoms with Gasteiger partial charge in [-0.1, -0.05) is 94.9 Å². The smallest absolute Gasteiger partial charge is 0.242 e. The number of nitrogens with one attached hydrogen (secondary N) is 4. The summed E-state index contributed by atoms with van der Waals surface area (Å²) in [5.74, 6) is -0.792. The predicted octanol–water partition coefficient (Wildman–Crippen LogP) is 7.72. The van der Waals surface area contributed by atoms with Crippen molar-refractivity contribution in [2.24, 2.45) is 0 Å². The van der Waals surface area contributed by atoms with Crippen LogP contribution in [0.15, 0.2) is 84.9 Å². The first-order valence-electron chi connectivity index (χ1n) is 11.5. The summed E-state index contributed by atoms with van der Waals surface area (Å²) >= 11 is 25.1. The van der Waals surface area contributed by atoms with Crippen LogP contribution in [0.25, 0.3) is 0 Å². The summed E-state index contributed by atoms with van der Waals surface area (Å²) in [4.78, 5) is 25.3. The van der Waals surface area contributed by atoms with Gasteiger partial charge in [0, 0.05) is 11.4 Å². The Hall–Kier alpha value is -3.42. The molecule has 0 saturated heterocycles. The third-order valence-corrected chi connectivity index (χ3v) is 6.78. The number of benzene rings is 4. The lowest BCUT2D eigenvalue weighted by Gasteiger charge is -2.15. The van der Waals surface area contributed by atoms with Crippen LogP contribution in [0.5, 0.6) is 0 Å². The Morgan fingerprint density at radius 2 is 0.842 bits per heavy atom. The van der Waals surface area contributed by atoms with Crippen molar-refractivity contribution in [2.75, 3.05) is 10.6 Å². The average molecular weight is 588 g/mol. The van der Waals surface area contributed by atoms with Crippen LogP contribution >= 0.6 is 46.4 Å². The molecule has 2 amide bonds. The highest BCUT2D eigenvalue weighted by molar-refractivity contribution is 6.39. The van der Waals surface area contributed by atoms with Crippen molar-refractivity contribution >= 4 is 81.0 Å². The summed E-state index contributed by atoms with van der Waals surface area (Å²) in [6, 6.07) is 24.9. The van der Waals surface area contributed by atoms with Gasteiger partial charge in [0.2, 0.25) is 11.8 Å². The van der Waals surface area contributed by atoms with E-state index in [9.17, 15) is 9.59 Å². The normalized spacial score (nSPS) is 10.5. The molecular weight excluding hydrogens is 566 g/mol. The molecule has 0 saturated carbocycles. The fourth-order valence-electron chi connectivity index (χ4n) is 3.67. The molecule has 0 aromatic heterocycles. The average Bonchev–Trinajstić information content (AvgIpc) is 2.89. The summed E-state index contributed by atoms with van der Waals surface area (Å²) in [7, 11) is 0. The molecule has 0 aliphatic carbocycles. The summed E-state index contributed by atoms with van der Waals surface area (Å²) < 4.78 is 0. The quantitative estimate of drug-likeness (QED) is 0.159. The van der Waals surface area contributed by atoms with Crippen molar-refractivity contribution in [1.29, 1.82) is 0 Å². The lowest BCUT2D eigenvalue weighted by molar-refractivity contribution is -0.128. The van der Waals surface area contributed by atoms with E-state index in [2.05, 4.69) is 21.5 Å². The Labute approximate surface area is 240 Å². The van der Waals surface area contributed by atoms with Crippen molar-refractivity contribution in [2.45, 2.75) is 12.8 Å². The van der Waals surface area contributed by atoms with E-state index in [-0.39, 0.29) is 12.8 Å². The standard InChI is InChI=1S/C28H22Cl4N4O2/c29-19-9-5-10-20(30)27(19)33-23-13-3-1-7-17(23)15-25(37)35-36-26(38)16-18-8-2-4-14-24(18)34-28-21(31)11-6-12-22(28)32/h1-14,33-34H,15-16H2,(H,35,37)(H,36,38). The van der Waals surface area contributed by atoms with Crippen LogP contribution < -0.4 is 21.5 Å². The summed E-state index contributed by atoms with van der Waals surface area (Å²) in [5, 5.41) is 8.20. The second-order valence-corrected chi connectivity index (χ2v) is 9.84. The zero-order chi connectivity index (χ0) is 27.1. The van der Waals surface area contributed by atoms with Gasteiger partial charge in [-0.15, -0.1) is 0 Å². The van der Waals surface area contributed by atoms with Gasteiger partial charge in [-0.3, -0.25) is 20.4 Å². The van der Waals surface area contributed by atoms with E-state index >= 15 is 0 Å². The van der Waals surface area contributed by atoms with E-state index in [1.807, 2.05) is 36.4 Å². The second kappa shape index (κ2) is 12.9. The highest BCUT2D eigenvalue weighted by Gasteiger charge is 2.14. The third-order valence-electron chi connectivity index (χ3n) is 5.52. The number of amides is 2. The van der Waals surface area contributed by atoms with Crippen LogP contribution in [0, 0.1) is 0 Å². The van der Waals surface area contributed by atoms with Crippen LogP contribution in [0.2, 0.25) is 20.1 Å². The number of rotatable bonds is 8. The molecule has 6 nitrogen and oxygen atoms in total. The van der Waals surface area contributed by atoms with Gasteiger partial charge in [-0.05, 0) is 47.5 Å². The first-order chi connectivity index (χ1) is 18.3. The molecule has 38 heavy (non-hydrogen) atoms. The number of carbonyl (C=O) groups excluding carboxylic acids is 2. The van der Waals surface area contributed by atoms with Gasteiger partial charge >= 0.3 is 0 Å². The molecular formula is C28H22Cl4N4O2. The van der Waals surface area contributed by atoms with Gasteiger partial charge in [-0.25, -0.2) is 0 Å². The Balaban J connectivity index is 1.37. The van der Waals surface area contributed by atoms with E-state index < -0.39 is 11.8 Å². The van der Waals surface area contributed by atoms with E-state index in [1.54, 1.807) is 48.5 Å². The Morgan fingerprint density at radius 3 is 1.21 bits per heavy atom. The second-order valence-electron chi connectivity index (χ2n) is 8.21. The largest absolute Gasteiger partial charge is 0.353 e. The molecule has 4 rings (SSSR count). The number of hydrogen-bond donors (Lipinski definition) is 4. The fourth-order valence-corrected chi connectivity index (χ4v) is 4.65. The van der Waals surface area contributed by atoms with E-state index in [0.29, 0.717) is 54.0 Å². The summed E-state index contributed by atoms with van der Waals surface area (Å²) in [6.07, 6.45) is 0.0172. The maximum atomic E-state index is 12.6. The van der Waals surface area contributed by atoms with Crippen molar-refractivity contribution in [1.82, 2.24) is 10.9 Å². The Morgan fingerprint density at radius 1 is 0.500 bits per heavy atom. The maximum absolute atomic E-state index is 12.6. The first-order valence-corrected chi connectivity index (χ1v) is 13.0. The monoisotopic (exact) mass is 586 g/mol. The SMILES string of the molecule is O=C(Cc1ccccc1Nc1c(Cl)cccc1Cl)NNC(=O)Cc1ccccc1Nc1c(Cl)cccc1Cl. The van der Waals surface area contributed by atoms with E-state index in [4.69, 9.17) is 46.4 Å². The zero-order valence-electron chi connectivity index (χ0n) is 19.8. The van der Waals surface area contributed by atoms with Gasteiger partial charge in [-0.2, -0.15) is 0 Å². The third kappa shape index (κ3) is 7.11. The molecule has 0 unspecified atom stereocenters. The molecule has 0 bridgehead atoms. The Bertz CT molecular complexity index is 1330. The van der Waals surface area contributed by atoms with Crippen molar-refractivity contribution in [3.8, 4) is 0 Å². The number of para-hydroxylation sites is 4. The number of halogens is 4. The lowest BCUT2D eigenvalue weighted by Crippen LogP contribution is -2.43. The van der Waals surface area contributed by atoms with Gasteiger partial charge in [0.25, 0.3) is 0 Å². The molecule has 4 aromatic carbocycles. The molecule has 10 heteroatoms. The highest BCUT2D eigenvalue weighted by atomic mass is 35.5. The predicted molar refractivity (Wildman–Crippen MR) is 156 cm³/mol. The van der Waals surface area contributed by atoms with Gasteiger partial charge < -0.3 is 10.6 Å². The van der Waals surface area contributed by atoms with Gasteiger partial charge in [0.15, 0.2) is 0 Å². The molecule has 0 aliphatic rings. The minimum Gasteiger partial charge on any atom is -0.353 e. The Kier molecular flexibility index (Phi) is 9.37. The van der Waals surface area contributed by atoms with Crippen molar-refractivity contribution < 1.29 is 9.59 Å². The number of hydrogen-bond acceptors (Lipinski definition) is 4. The number of hydrazine groups is 1. The van der Waals surface area contributed by atoms with Crippen LogP contribution in [0.3, 0.4) is 0 Å². The topological polar surface area (TPSA) is 82.3 Å². The van der Waals surface area contributed by atoms with Crippen molar-refractivity contribution in [3.05, 3.63) is 116 Å². The van der Waals surface area contributed by atoms with Crippen LogP contribution in [-0.4, -0.2) is 11.8 Å². The van der Waals surface area contributed by atoms with Crippen LogP contribution in [0.4, 0.5) is 22.7 Å². The molecule has 0 spiro atoms. The minimum atomic E-state index is -0.396. The van der Waals surface area contributed by atoms with Crippen LogP contribution in [-0.2, 0) is 22.4 Å². The van der Waals surface area contributed by atoms with Crippen LogP contribution in [0.1, 0.15) is 11.1 Å². The molecule has 194 valence electrons. The lowest BCUT2D eigenvalue weighted by atomic mass is 10.1. The molecule has 4 N–H and O–H groups in total. The molecule has 0 atom stereocenters. The number of anilines is 4. The molecule has 0 aliphatic heterocycles. The maximum Gasteiger partial charge on any atom is 0.242 e. The molecule has 0 fully saturated rings. The number of carbonyl (C=O) groups is 2. The minimum absolute atomic E-state index is 0.00860. The molecule has 0 heterocycles. The first kappa shape index (κ1) is 27.6. The highest BCUT2D eigenvalue weighted by Crippen LogP contribution is 2.34. The van der Waals surface area contributed by atoms with Gasteiger partial charge in [0.05, 0.1) is 44.3 Å². The zero-order valence-corrected chi connectivity index (χ0v) is 22.8.